The average molecular weight is 452 g/mol. The van der Waals surface area contributed by atoms with E-state index >= 15 is 0 Å². The Hall–Kier alpha value is -4.15. The third-order valence-electron chi connectivity index (χ3n) is 7.52. The molecule has 3 aromatic heterocycles. The molecule has 0 bridgehead atoms. The quantitative estimate of drug-likeness (QED) is 0.247. The maximum Gasteiger partial charge on any atom is 0.162 e. The highest BCUT2D eigenvalue weighted by Gasteiger charge is 2.29. The molecule has 0 spiro atoms. The molecule has 1 unspecified atom stereocenters. The number of thiophene rings is 1. The van der Waals surface area contributed by atoms with Crippen molar-refractivity contribution in [2.45, 2.75) is 6.04 Å². The first kappa shape index (κ1) is 17.3. The molecule has 0 amide bonds. The zero-order valence-corrected chi connectivity index (χ0v) is 18.9. The van der Waals surface area contributed by atoms with Crippen molar-refractivity contribution in [3.8, 4) is 0 Å². The van der Waals surface area contributed by atoms with Crippen LogP contribution in [0, 0.1) is 0 Å². The van der Waals surface area contributed by atoms with E-state index in [2.05, 4.69) is 101 Å². The normalized spacial score (nSPS) is 17.3. The van der Waals surface area contributed by atoms with Crippen molar-refractivity contribution in [3.63, 3.8) is 0 Å². The maximum absolute atomic E-state index is 5.17. The molecule has 4 heteroatoms. The van der Waals surface area contributed by atoms with Crippen LogP contribution in [0.1, 0.15) is 0 Å². The lowest BCUT2D eigenvalue weighted by Gasteiger charge is -2.23. The van der Waals surface area contributed by atoms with E-state index in [1.165, 1.54) is 58.1 Å². The summed E-state index contributed by atoms with van der Waals surface area (Å²) in [5.74, 6) is 1.01. The molecule has 9 rings (SSSR count). The van der Waals surface area contributed by atoms with Gasteiger partial charge >= 0.3 is 0 Å². The molecular weight excluding hydrogens is 434 g/mol. The van der Waals surface area contributed by atoms with Crippen LogP contribution in [0.25, 0.3) is 58.1 Å². The molecule has 3 nitrogen and oxygen atoms in total. The van der Waals surface area contributed by atoms with Gasteiger partial charge in [0, 0.05) is 36.3 Å². The number of aromatic nitrogens is 1. The van der Waals surface area contributed by atoms with E-state index in [-0.39, 0.29) is 6.04 Å². The molecule has 4 aromatic carbocycles. The predicted molar refractivity (Wildman–Crippen MR) is 147 cm³/mol. The van der Waals surface area contributed by atoms with Crippen LogP contribution in [0.15, 0.2) is 96.0 Å². The number of fused-ring (bicyclic) bond motifs is 13. The molecule has 4 heterocycles. The summed E-state index contributed by atoms with van der Waals surface area (Å²) in [7, 11) is 0. The number of nitrogens with one attached hydrogen (secondary N) is 1. The number of rotatable bonds is 0. The first-order valence-electron chi connectivity index (χ1n) is 11.6. The highest BCUT2D eigenvalue weighted by molar-refractivity contribution is 7.26. The zero-order valence-electron chi connectivity index (χ0n) is 18.0. The second-order valence-corrected chi connectivity index (χ2v) is 10.3. The van der Waals surface area contributed by atoms with Crippen LogP contribution in [0.5, 0.6) is 0 Å². The minimum atomic E-state index is 0.133. The Morgan fingerprint density at radius 2 is 1.62 bits per heavy atom. The fraction of sp³-hybridized carbons (Fsp3) is 0.0333. The van der Waals surface area contributed by atoms with Gasteiger partial charge in [-0.15, -0.1) is 11.3 Å². The monoisotopic (exact) mass is 451 g/mol. The van der Waals surface area contributed by atoms with Gasteiger partial charge < -0.3 is 5.32 Å². The summed E-state index contributed by atoms with van der Waals surface area (Å²) < 4.78 is 5.06. The van der Waals surface area contributed by atoms with Crippen molar-refractivity contribution in [2.75, 3.05) is 5.32 Å². The Bertz CT molecular complexity index is 2100. The molecule has 1 aliphatic heterocycles. The third-order valence-corrected chi connectivity index (χ3v) is 8.64. The van der Waals surface area contributed by atoms with Crippen LogP contribution >= 0.6 is 11.3 Å². The molecular formula is C30H17N3S. The van der Waals surface area contributed by atoms with E-state index in [9.17, 15) is 0 Å². The molecule has 158 valence electrons. The van der Waals surface area contributed by atoms with Crippen molar-refractivity contribution in [3.05, 3.63) is 91.0 Å². The molecule has 1 aliphatic carbocycles. The average Bonchev–Trinajstić information content (AvgIpc) is 3.53. The van der Waals surface area contributed by atoms with Gasteiger partial charge in [-0.2, -0.15) is 0 Å². The predicted octanol–water partition coefficient (Wildman–Crippen LogP) is 8.20. The highest BCUT2D eigenvalue weighted by atomic mass is 32.1. The van der Waals surface area contributed by atoms with Gasteiger partial charge in [-0.05, 0) is 35.0 Å². The number of benzene rings is 4. The van der Waals surface area contributed by atoms with Crippen LogP contribution in [0.2, 0.25) is 0 Å². The number of anilines is 1. The van der Waals surface area contributed by atoms with Gasteiger partial charge in [-0.3, -0.25) is 4.40 Å². The van der Waals surface area contributed by atoms with Gasteiger partial charge in [0.1, 0.15) is 0 Å². The van der Waals surface area contributed by atoms with Crippen molar-refractivity contribution >= 4 is 86.7 Å². The van der Waals surface area contributed by atoms with Crippen molar-refractivity contribution in [1.82, 2.24) is 4.40 Å². The third kappa shape index (κ3) is 1.94. The Morgan fingerprint density at radius 1 is 0.765 bits per heavy atom. The van der Waals surface area contributed by atoms with Gasteiger partial charge in [-0.25, -0.2) is 4.99 Å². The lowest BCUT2D eigenvalue weighted by Crippen LogP contribution is -2.29. The second kappa shape index (κ2) is 5.85. The number of hydrogen-bond donors (Lipinski definition) is 1. The summed E-state index contributed by atoms with van der Waals surface area (Å²) in [6.07, 6.45) is 8.46. The lowest BCUT2D eigenvalue weighted by atomic mass is 10.00. The smallest absolute Gasteiger partial charge is 0.162 e. The largest absolute Gasteiger partial charge is 0.370 e. The Morgan fingerprint density at radius 3 is 2.62 bits per heavy atom. The minimum absolute atomic E-state index is 0.133. The number of hydrogen-bond acceptors (Lipinski definition) is 3. The number of para-hydroxylation sites is 1. The zero-order chi connectivity index (χ0) is 22.0. The van der Waals surface area contributed by atoms with E-state index in [0.29, 0.717) is 0 Å². The molecule has 0 fully saturated rings. The number of nitrogens with zero attached hydrogens (tertiary/aromatic N) is 2. The van der Waals surface area contributed by atoms with E-state index < -0.39 is 0 Å². The van der Waals surface area contributed by atoms with Crippen LogP contribution in [0.4, 0.5) is 11.5 Å². The van der Waals surface area contributed by atoms with Crippen molar-refractivity contribution in [1.29, 1.82) is 0 Å². The molecule has 1 N–H and O–H groups in total. The fourth-order valence-electron chi connectivity index (χ4n) is 6.12. The summed E-state index contributed by atoms with van der Waals surface area (Å²) in [5, 5.41) is 13.0. The summed E-state index contributed by atoms with van der Waals surface area (Å²) >= 11 is 1.89. The van der Waals surface area contributed by atoms with E-state index in [1.54, 1.807) is 0 Å². The fourth-order valence-corrected chi connectivity index (χ4v) is 7.25. The first-order valence-corrected chi connectivity index (χ1v) is 12.4. The SMILES string of the molecule is C1=CC2=Nc3c(c4cccc5c6c7c(ccc6n3c45)sc3ccc4ccccc4c37)NC2C=C1. The van der Waals surface area contributed by atoms with E-state index in [1.807, 2.05) is 11.3 Å². The highest BCUT2D eigenvalue weighted by Crippen LogP contribution is 2.50. The van der Waals surface area contributed by atoms with Crippen LogP contribution in [-0.4, -0.2) is 16.2 Å². The summed E-state index contributed by atoms with van der Waals surface area (Å²) in [4.78, 5) is 5.17. The summed E-state index contributed by atoms with van der Waals surface area (Å²) in [5.41, 5.74) is 4.69. The molecule has 34 heavy (non-hydrogen) atoms. The summed E-state index contributed by atoms with van der Waals surface area (Å²) in [6.45, 7) is 0. The molecule has 7 aromatic rings. The molecule has 0 saturated heterocycles. The van der Waals surface area contributed by atoms with E-state index in [0.717, 1.165) is 17.2 Å². The summed E-state index contributed by atoms with van der Waals surface area (Å²) in [6, 6.07) is 24.7. The van der Waals surface area contributed by atoms with Gasteiger partial charge in [0.25, 0.3) is 0 Å². The van der Waals surface area contributed by atoms with Crippen molar-refractivity contribution in [2.24, 2.45) is 4.99 Å². The molecule has 2 aliphatic rings. The number of allylic oxidation sites excluding steroid dienone is 2. The minimum Gasteiger partial charge on any atom is -0.370 e. The molecule has 0 radical (unpaired) electrons. The first-order chi connectivity index (χ1) is 16.9. The van der Waals surface area contributed by atoms with Crippen LogP contribution in [0.3, 0.4) is 0 Å². The van der Waals surface area contributed by atoms with Gasteiger partial charge in [0.2, 0.25) is 0 Å². The van der Waals surface area contributed by atoms with Gasteiger partial charge in [0.05, 0.1) is 28.5 Å². The lowest BCUT2D eigenvalue weighted by molar-refractivity contribution is 1.11. The van der Waals surface area contributed by atoms with E-state index in [4.69, 9.17) is 4.99 Å². The molecule has 0 saturated carbocycles. The molecule has 1 atom stereocenters. The number of aliphatic imine (C=N–C) groups is 1. The Labute approximate surface area is 198 Å². The topological polar surface area (TPSA) is 28.8 Å². The van der Waals surface area contributed by atoms with Crippen LogP contribution < -0.4 is 5.32 Å². The standard InChI is InChI=1S/C30H17N3S/c1-2-7-17-16(6-1)12-14-23-26(17)27-24(34-23)15-13-22-25(27)18-8-5-9-19-28-30(33(22)29(18)19)32-21-11-4-3-10-20(21)31-28/h1-15,20,31H. The van der Waals surface area contributed by atoms with Crippen LogP contribution in [-0.2, 0) is 0 Å². The second-order valence-electron chi connectivity index (χ2n) is 9.23. The van der Waals surface area contributed by atoms with Crippen molar-refractivity contribution < 1.29 is 0 Å². The Kier molecular flexibility index (Phi) is 2.98. The Balaban J connectivity index is 1.54. The van der Waals surface area contributed by atoms with Gasteiger partial charge in [-0.1, -0.05) is 66.8 Å². The maximum atomic E-state index is 5.17. The van der Waals surface area contributed by atoms with Gasteiger partial charge in [0.15, 0.2) is 5.82 Å².